The quantitative estimate of drug-likeness (QED) is 0.373. The Morgan fingerprint density at radius 1 is 1.39 bits per heavy atom. The van der Waals surface area contributed by atoms with Crippen LogP contribution in [0.15, 0.2) is 12.1 Å². The van der Waals surface area contributed by atoms with Crippen LogP contribution in [0.2, 0.25) is 24.7 Å². The van der Waals surface area contributed by atoms with Crippen molar-refractivity contribution in [2.75, 3.05) is 12.8 Å². The molecule has 96 valence electrons. The third kappa shape index (κ3) is 3.79. The van der Waals surface area contributed by atoms with Crippen LogP contribution in [0.25, 0.3) is 0 Å². The summed E-state index contributed by atoms with van der Waals surface area (Å²) in [6, 6.07) is 3.11. The summed E-state index contributed by atoms with van der Waals surface area (Å²) in [5.41, 5.74) is 10.2. The first-order chi connectivity index (χ1) is 8.24. The minimum atomic E-state index is -1.47. The molecular formula is C13H16ClNO2Si. The van der Waals surface area contributed by atoms with E-state index in [4.69, 9.17) is 17.3 Å². The molecule has 0 aliphatic rings. The smallest absolute Gasteiger partial charge is 0.340 e. The summed E-state index contributed by atoms with van der Waals surface area (Å²) < 4.78 is 4.62. The number of rotatable bonds is 1. The Morgan fingerprint density at radius 2 is 2.00 bits per heavy atom. The molecule has 2 N–H and O–H groups in total. The minimum Gasteiger partial charge on any atom is -0.465 e. The van der Waals surface area contributed by atoms with Gasteiger partial charge in [0, 0.05) is 11.3 Å². The largest absolute Gasteiger partial charge is 0.465 e. The van der Waals surface area contributed by atoms with Gasteiger partial charge in [0.25, 0.3) is 0 Å². The van der Waals surface area contributed by atoms with E-state index in [0.717, 1.165) is 0 Å². The number of nitrogens with two attached hydrogens (primary N) is 1. The van der Waals surface area contributed by atoms with Gasteiger partial charge in [-0.2, -0.15) is 0 Å². The summed E-state index contributed by atoms with van der Waals surface area (Å²) >= 11 is 6.08. The van der Waals surface area contributed by atoms with Crippen molar-refractivity contribution in [1.82, 2.24) is 0 Å². The molecule has 0 saturated carbocycles. The second-order valence-electron chi connectivity index (χ2n) is 4.91. The van der Waals surface area contributed by atoms with E-state index in [1.807, 2.05) is 0 Å². The number of halogens is 1. The molecule has 1 rings (SSSR count). The van der Waals surface area contributed by atoms with Crippen molar-refractivity contribution in [1.29, 1.82) is 0 Å². The first-order valence-electron chi connectivity index (χ1n) is 5.45. The lowest BCUT2D eigenvalue weighted by Gasteiger charge is -2.07. The molecule has 0 spiro atoms. The number of hydrogen-bond acceptors (Lipinski definition) is 3. The van der Waals surface area contributed by atoms with E-state index in [9.17, 15) is 4.79 Å². The highest BCUT2D eigenvalue weighted by Gasteiger charge is 2.13. The fourth-order valence-electron chi connectivity index (χ4n) is 1.23. The Morgan fingerprint density at radius 3 is 2.50 bits per heavy atom. The van der Waals surface area contributed by atoms with Gasteiger partial charge >= 0.3 is 5.97 Å². The molecule has 0 aromatic heterocycles. The molecule has 0 saturated heterocycles. The maximum absolute atomic E-state index is 11.4. The van der Waals surface area contributed by atoms with Gasteiger partial charge in [0.1, 0.15) is 8.07 Å². The number of anilines is 1. The van der Waals surface area contributed by atoms with Crippen LogP contribution in [0, 0.1) is 11.5 Å². The van der Waals surface area contributed by atoms with Gasteiger partial charge in [0.15, 0.2) is 0 Å². The van der Waals surface area contributed by atoms with Crippen molar-refractivity contribution in [2.24, 2.45) is 0 Å². The van der Waals surface area contributed by atoms with Crippen molar-refractivity contribution in [3.05, 3.63) is 28.3 Å². The molecule has 0 fully saturated rings. The number of nitrogen functional groups attached to an aromatic ring is 1. The van der Waals surface area contributed by atoms with Gasteiger partial charge in [0.2, 0.25) is 0 Å². The van der Waals surface area contributed by atoms with Gasteiger partial charge in [-0.1, -0.05) is 37.2 Å². The average molecular weight is 282 g/mol. The molecule has 0 heterocycles. The summed E-state index contributed by atoms with van der Waals surface area (Å²) in [7, 11) is -0.175. The lowest BCUT2D eigenvalue weighted by molar-refractivity contribution is 0.0602. The number of benzene rings is 1. The van der Waals surface area contributed by atoms with Crippen molar-refractivity contribution < 1.29 is 9.53 Å². The molecule has 5 heteroatoms. The van der Waals surface area contributed by atoms with E-state index in [1.54, 1.807) is 6.07 Å². The monoisotopic (exact) mass is 281 g/mol. The molecule has 0 atom stereocenters. The van der Waals surface area contributed by atoms with Gasteiger partial charge < -0.3 is 10.5 Å². The molecule has 0 aliphatic carbocycles. The van der Waals surface area contributed by atoms with E-state index in [2.05, 4.69) is 35.8 Å². The standard InChI is InChI=1S/C13H16ClNO2Si/c1-17-13(16)10-8-11(14)9(7-12(10)15)5-6-18(2,3)4/h7-8H,15H2,1-4H3. The molecular weight excluding hydrogens is 266 g/mol. The second kappa shape index (κ2) is 5.47. The van der Waals surface area contributed by atoms with Crippen LogP contribution in [-0.4, -0.2) is 21.2 Å². The van der Waals surface area contributed by atoms with E-state index in [1.165, 1.54) is 13.2 Å². The second-order valence-corrected chi connectivity index (χ2v) is 10.1. The minimum absolute atomic E-state index is 0.265. The summed E-state index contributed by atoms with van der Waals surface area (Å²) in [5.74, 6) is 2.52. The summed E-state index contributed by atoms with van der Waals surface area (Å²) in [6.45, 7) is 6.42. The van der Waals surface area contributed by atoms with E-state index in [-0.39, 0.29) is 5.56 Å². The fourth-order valence-corrected chi connectivity index (χ4v) is 1.95. The number of hydrogen-bond donors (Lipinski definition) is 1. The number of carbonyl (C=O) groups excluding carboxylic acids is 1. The van der Waals surface area contributed by atoms with E-state index < -0.39 is 14.0 Å². The van der Waals surface area contributed by atoms with Gasteiger partial charge in [-0.25, -0.2) is 4.79 Å². The Kier molecular flexibility index (Phi) is 4.44. The lowest BCUT2D eigenvalue weighted by atomic mass is 10.1. The topological polar surface area (TPSA) is 52.3 Å². The molecule has 0 amide bonds. The Hall–Kier alpha value is -1.44. The highest BCUT2D eigenvalue weighted by Crippen LogP contribution is 2.23. The normalized spacial score (nSPS) is 10.5. The fraction of sp³-hybridized carbons (Fsp3) is 0.308. The highest BCUT2D eigenvalue weighted by molar-refractivity contribution is 6.83. The summed E-state index contributed by atoms with van der Waals surface area (Å²) in [5, 5.41) is 0.412. The third-order valence-corrected chi connectivity index (χ3v) is 3.30. The first-order valence-corrected chi connectivity index (χ1v) is 9.33. The number of ether oxygens (including phenoxy) is 1. The molecule has 1 aromatic carbocycles. The Balaban J connectivity index is 3.22. The van der Waals surface area contributed by atoms with Crippen molar-refractivity contribution >= 4 is 31.3 Å². The number of esters is 1. The lowest BCUT2D eigenvalue weighted by Crippen LogP contribution is -2.16. The molecule has 0 aliphatic heterocycles. The Bertz CT molecular complexity index is 538. The molecule has 0 bridgehead atoms. The van der Waals surface area contributed by atoms with Crippen LogP contribution in [0.4, 0.5) is 5.69 Å². The first kappa shape index (κ1) is 14.6. The van der Waals surface area contributed by atoms with Gasteiger partial charge in [0.05, 0.1) is 17.7 Å². The summed E-state index contributed by atoms with van der Waals surface area (Å²) in [6.07, 6.45) is 0. The zero-order chi connectivity index (χ0) is 13.9. The third-order valence-electron chi connectivity index (χ3n) is 2.12. The number of carbonyl (C=O) groups is 1. The SMILES string of the molecule is COC(=O)c1cc(Cl)c(C#C[Si](C)(C)C)cc1N. The maximum atomic E-state index is 11.4. The number of methoxy groups -OCH3 is 1. The molecule has 0 unspecified atom stereocenters. The van der Waals surface area contributed by atoms with Gasteiger partial charge in [-0.15, -0.1) is 5.54 Å². The average Bonchev–Trinajstić information content (AvgIpc) is 2.27. The predicted molar refractivity (Wildman–Crippen MR) is 77.4 cm³/mol. The van der Waals surface area contributed by atoms with Gasteiger partial charge in [-0.3, -0.25) is 0 Å². The molecule has 0 radical (unpaired) electrons. The summed E-state index contributed by atoms with van der Waals surface area (Å²) in [4.78, 5) is 11.4. The zero-order valence-corrected chi connectivity index (χ0v) is 12.7. The van der Waals surface area contributed by atoms with Crippen LogP contribution >= 0.6 is 11.6 Å². The van der Waals surface area contributed by atoms with Crippen LogP contribution in [0.1, 0.15) is 15.9 Å². The molecule has 3 nitrogen and oxygen atoms in total. The van der Waals surface area contributed by atoms with Crippen molar-refractivity contribution in [3.8, 4) is 11.5 Å². The maximum Gasteiger partial charge on any atom is 0.340 e. The highest BCUT2D eigenvalue weighted by atomic mass is 35.5. The van der Waals surface area contributed by atoms with Crippen LogP contribution in [0.3, 0.4) is 0 Å². The predicted octanol–water partition coefficient (Wildman–Crippen LogP) is 2.94. The molecule has 1 aromatic rings. The van der Waals surface area contributed by atoms with Crippen molar-refractivity contribution in [2.45, 2.75) is 19.6 Å². The van der Waals surface area contributed by atoms with Crippen LogP contribution < -0.4 is 5.73 Å². The van der Waals surface area contributed by atoms with Gasteiger partial charge in [-0.05, 0) is 12.1 Å². The van der Waals surface area contributed by atoms with Crippen LogP contribution in [0.5, 0.6) is 0 Å². The van der Waals surface area contributed by atoms with E-state index in [0.29, 0.717) is 16.3 Å². The van der Waals surface area contributed by atoms with Crippen LogP contribution in [-0.2, 0) is 4.74 Å². The zero-order valence-electron chi connectivity index (χ0n) is 10.9. The molecule has 18 heavy (non-hydrogen) atoms. The van der Waals surface area contributed by atoms with Crippen molar-refractivity contribution in [3.63, 3.8) is 0 Å². The van der Waals surface area contributed by atoms with E-state index >= 15 is 0 Å². The Labute approximate surface area is 113 Å².